The fourth-order valence-electron chi connectivity index (χ4n) is 2.76. The molecule has 3 aromatic rings. The van der Waals surface area contributed by atoms with E-state index < -0.39 is 0 Å². The Morgan fingerprint density at radius 3 is 2.40 bits per heavy atom. The van der Waals surface area contributed by atoms with Crippen LogP contribution in [0.25, 0.3) is 11.5 Å². The number of amides is 1. The molecule has 1 N–H and O–H groups in total. The third-order valence-electron chi connectivity index (χ3n) is 4.38. The predicted octanol–water partition coefficient (Wildman–Crippen LogP) is 3.81. The first-order valence-electron chi connectivity index (χ1n) is 8.62. The minimum atomic E-state index is -0.0890. The van der Waals surface area contributed by atoms with Gasteiger partial charge in [0, 0.05) is 18.4 Å². The van der Waals surface area contributed by atoms with Crippen molar-refractivity contribution in [3.05, 3.63) is 65.6 Å². The topological polar surface area (TPSA) is 51.9 Å². The second kappa shape index (κ2) is 6.97. The third kappa shape index (κ3) is 3.36. The Bertz CT molecular complexity index is 860. The summed E-state index contributed by atoms with van der Waals surface area (Å²) in [7, 11) is 0. The van der Waals surface area contributed by atoms with Gasteiger partial charge in [-0.25, -0.2) is 4.68 Å². The molecule has 5 nitrogen and oxygen atoms in total. The highest BCUT2D eigenvalue weighted by molar-refractivity contribution is 5.98. The Balaban J connectivity index is 2.15. The summed E-state index contributed by atoms with van der Waals surface area (Å²) in [5.74, 6) is 0.668. The van der Waals surface area contributed by atoms with Gasteiger partial charge in [-0.05, 0) is 51.5 Å². The van der Waals surface area contributed by atoms with Gasteiger partial charge in [0.15, 0.2) is 5.82 Å². The zero-order valence-corrected chi connectivity index (χ0v) is 15.2. The summed E-state index contributed by atoms with van der Waals surface area (Å²) in [6, 6.07) is 12.1. The summed E-state index contributed by atoms with van der Waals surface area (Å²) in [5, 5.41) is 7.71. The number of hydrogen-bond donors (Lipinski definition) is 1. The Morgan fingerprint density at radius 2 is 1.80 bits per heavy atom. The van der Waals surface area contributed by atoms with Crippen LogP contribution >= 0.6 is 0 Å². The molecular formula is C20H24N4O. The molecule has 1 aromatic carbocycles. The van der Waals surface area contributed by atoms with E-state index in [-0.39, 0.29) is 11.9 Å². The van der Waals surface area contributed by atoms with Crippen LogP contribution < -0.4 is 5.32 Å². The number of aryl methyl sites for hydroxylation is 2. The van der Waals surface area contributed by atoms with E-state index in [4.69, 9.17) is 0 Å². The number of carbonyl (C=O) groups excluding carboxylic acids is 1. The number of hydrogen-bond acceptors (Lipinski definition) is 2. The van der Waals surface area contributed by atoms with Gasteiger partial charge in [-0.3, -0.25) is 4.79 Å². The van der Waals surface area contributed by atoms with Crippen molar-refractivity contribution in [1.29, 1.82) is 0 Å². The lowest BCUT2D eigenvalue weighted by atomic mass is 10.2. The fraction of sp³-hybridized carbons (Fsp3) is 0.300. The molecule has 2 aromatic heterocycles. The molecule has 0 saturated heterocycles. The monoisotopic (exact) mass is 336 g/mol. The van der Waals surface area contributed by atoms with Gasteiger partial charge in [0.05, 0.1) is 11.4 Å². The van der Waals surface area contributed by atoms with E-state index in [1.54, 1.807) is 0 Å². The van der Waals surface area contributed by atoms with Crippen molar-refractivity contribution < 1.29 is 4.79 Å². The molecule has 0 bridgehead atoms. The van der Waals surface area contributed by atoms with Crippen LogP contribution in [0.1, 0.15) is 41.9 Å². The molecule has 0 fully saturated rings. The van der Waals surface area contributed by atoms with Crippen molar-refractivity contribution in [2.45, 2.75) is 40.2 Å². The molecule has 1 atom stereocenters. The van der Waals surface area contributed by atoms with Crippen molar-refractivity contribution in [2.75, 3.05) is 0 Å². The van der Waals surface area contributed by atoms with Crippen molar-refractivity contribution in [1.82, 2.24) is 19.7 Å². The van der Waals surface area contributed by atoms with E-state index in [9.17, 15) is 4.79 Å². The van der Waals surface area contributed by atoms with E-state index in [1.165, 1.54) is 5.56 Å². The van der Waals surface area contributed by atoms with E-state index >= 15 is 0 Å². The second-order valence-corrected chi connectivity index (χ2v) is 6.40. The maximum Gasteiger partial charge on any atom is 0.257 e. The molecule has 0 spiro atoms. The summed E-state index contributed by atoms with van der Waals surface area (Å²) in [4.78, 5) is 12.9. The first-order chi connectivity index (χ1) is 12.0. The Labute approximate surface area is 148 Å². The summed E-state index contributed by atoms with van der Waals surface area (Å²) >= 11 is 0. The molecule has 0 radical (unpaired) electrons. The molecule has 3 rings (SSSR count). The summed E-state index contributed by atoms with van der Waals surface area (Å²) in [6.45, 7) is 7.99. The Morgan fingerprint density at radius 1 is 1.16 bits per heavy atom. The molecule has 0 aliphatic heterocycles. The highest BCUT2D eigenvalue weighted by Crippen LogP contribution is 2.23. The maximum absolute atomic E-state index is 12.9. The normalized spacial score (nSPS) is 12.2. The minimum Gasteiger partial charge on any atom is -0.349 e. The summed E-state index contributed by atoms with van der Waals surface area (Å²) < 4.78 is 3.77. The predicted molar refractivity (Wildman–Crippen MR) is 99.6 cm³/mol. The van der Waals surface area contributed by atoms with Crippen LogP contribution in [0.5, 0.6) is 0 Å². The number of nitrogens with zero attached hydrogens (tertiary/aromatic N) is 3. The molecule has 2 heterocycles. The fourth-order valence-corrected chi connectivity index (χ4v) is 2.76. The van der Waals surface area contributed by atoms with Crippen molar-refractivity contribution in [3.63, 3.8) is 0 Å². The van der Waals surface area contributed by atoms with Crippen molar-refractivity contribution in [2.24, 2.45) is 0 Å². The second-order valence-electron chi connectivity index (χ2n) is 6.40. The van der Waals surface area contributed by atoms with Gasteiger partial charge in [0.1, 0.15) is 5.56 Å². The lowest BCUT2D eigenvalue weighted by molar-refractivity contribution is 0.0938. The van der Waals surface area contributed by atoms with Crippen molar-refractivity contribution in [3.8, 4) is 11.5 Å². The molecule has 0 aliphatic rings. The molecule has 0 unspecified atom stereocenters. The first kappa shape index (κ1) is 17.0. The van der Waals surface area contributed by atoms with E-state index in [1.807, 2.05) is 71.9 Å². The highest BCUT2D eigenvalue weighted by atomic mass is 16.1. The van der Waals surface area contributed by atoms with E-state index in [0.29, 0.717) is 11.3 Å². The van der Waals surface area contributed by atoms with Gasteiger partial charge >= 0.3 is 0 Å². The van der Waals surface area contributed by atoms with Crippen LogP contribution in [0, 0.1) is 13.8 Å². The van der Waals surface area contributed by atoms with Gasteiger partial charge < -0.3 is 9.88 Å². The maximum atomic E-state index is 12.9. The van der Waals surface area contributed by atoms with Crippen LogP contribution in [-0.2, 0) is 0 Å². The third-order valence-corrected chi connectivity index (χ3v) is 4.38. The van der Waals surface area contributed by atoms with Gasteiger partial charge in [-0.2, -0.15) is 5.10 Å². The molecule has 130 valence electrons. The molecule has 1 amide bonds. The number of nitrogens with one attached hydrogen (secondary N) is 1. The SMILES string of the molecule is CC[C@@H](C)NC(=O)c1c(C)nn(-c2ccc(C)cc2)c1-n1cccc1. The van der Waals surface area contributed by atoms with Gasteiger partial charge in [-0.1, -0.05) is 24.6 Å². The highest BCUT2D eigenvalue weighted by Gasteiger charge is 2.24. The Kier molecular flexibility index (Phi) is 4.74. The summed E-state index contributed by atoms with van der Waals surface area (Å²) in [5.41, 5.74) is 3.44. The van der Waals surface area contributed by atoms with E-state index in [0.717, 1.165) is 17.9 Å². The lowest BCUT2D eigenvalue weighted by Gasteiger charge is -2.14. The van der Waals surface area contributed by atoms with Crippen LogP contribution in [0.3, 0.4) is 0 Å². The standard InChI is InChI=1S/C20H24N4O/c1-5-15(3)21-19(25)18-16(4)22-24(17-10-8-14(2)9-11-17)20(18)23-12-6-7-13-23/h6-13,15H,5H2,1-4H3,(H,21,25)/t15-/m1/s1. The van der Waals surface area contributed by atoms with Gasteiger partial charge in [0.2, 0.25) is 0 Å². The van der Waals surface area contributed by atoms with Gasteiger partial charge in [0.25, 0.3) is 5.91 Å². The number of rotatable bonds is 5. The summed E-state index contributed by atoms with van der Waals surface area (Å²) in [6.07, 6.45) is 4.75. The molecule has 25 heavy (non-hydrogen) atoms. The quantitative estimate of drug-likeness (QED) is 0.770. The van der Waals surface area contributed by atoms with E-state index in [2.05, 4.69) is 24.3 Å². The molecule has 0 aliphatic carbocycles. The average molecular weight is 336 g/mol. The minimum absolute atomic E-state index is 0.0890. The zero-order chi connectivity index (χ0) is 18.0. The average Bonchev–Trinajstić information content (AvgIpc) is 3.22. The van der Waals surface area contributed by atoms with Crippen LogP contribution in [-0.4, -0.2) is 26.3 Å². The van der Waals surface area contributed by atoms with Crippen LogP contribution in [0.4, 0.5) is 0 Å². The molecule has 5 heteroatoms. The number of benzene rings is 1. The lowest BCUT2D eigenvalue weighted by Crippen LogP contribution is -2.32. The zero-order valence-electron chi connectivity index (χ0n) is 15.2. The molecule has 0 saturated carbocycles. The van der Waals surface area contributed by atoms with Crippen LogP contribution in [0.15, 0.2) is 48.8 Å². The first-order valence-corrected chi connectivity index (χ1v) is 8.62. The largest absolute Gasteiger partial charge is 0.349 e. The van der Waals surface area contributed by atoms with Gasteiger partial charge in [-0.15, -0.1) is 0 Å². The number of carbonyl (C=O) groups is 1. The number of aromatic nitrogens is 3. The molecular weight excluding hydrogens is 312 g/mol. The smallest absolute Gasteiger partial charge is 0.257 e. The van der Waals surface area contributed by atoms with Crippen LogP contribution in [0.2, 0.25) is 0 Å². The Hall–Kier alpha value is -2.82. The van der Waals surface area contributed by atoms with Crippen molar-refractivity contribution >= 4 is 5.91 Å².